The minimum atomic E-state index is -4.28. The molecule has 0 radical (unpaired) electrons. The molecule has 1 N–H and O–H groups in total. The van der Waals surface area contributed by atoms with Crippen molar-refractivity contribution < 1.29 is 22.7 Å². The Balaban J connectivity index is 1.85. The third kappa shape index (κ3) is 9.28. The summed E-state index contributed by atoms with van der Waals surface area (Å²) in [5.41, 5.74) is 1.45. The Hall–Kier alpha value is -4.05. The van der Waals surface area contributed by atoms with E-state index >= 15 is 0 Å². The molecule has 4 aromatic rings. The Morgan fingerprint density at radius 2 is 1.45 bits per heavy atom. The van der Waals surface area contributed by atoms with Crippen molar-refractivity contribution in [3.05, 3.63) is 124 Å². The van der Waals surface area contributed by atoms with E-state index in [1.807, 2.05) is 37.3 Å². The molecule has 248 valence electrons. The van der Waals surface area contributed by atoms with E-state index in [1.54, 1.807) is 67.6 Å². The summed E-state index contributed by atoms with van der Waals surface area (Å²) in [5, 5.41) is 3.60. The van der Waals surface area contributed by atoms with Crippen molar-refractivity contribution in [2.75, 3.05) is 24.0 Å². The number of sulfonamides is 1. The summed E-state index contributed by atoms with van der Waals surface area (Å²) in [4.78, 5) is 30.0. The van der Waals surface area contributed by atoms with Gasteiger partial charge in [-0.2, -0.15) is 0 Å². The molecule has 1 unspecified atom stereocenters. The van der Waals surface area contributed by atoms with Gasteiger partial charge in [0.05, 0.1) is 17.2 Å². The van der Waals surface area contributed by atoms with Crippen LogP contribution < -0.4 is 14.4 Å². The lowest BCUT2D eigenvalue weighted by atomic mass is 10.0. The molecule has 0 fully saturated rings. The number of amides is 2. The van der Waals surface area contributed by atoms with Gasteiger partial charge in [0.15, 0.2) is 0 Å². The van der Waals surface area contributed by atoms with Crippen molar-refractivity contribution in [2.24, 2.45) is 0 Å². The minimum absolute atomic E-state index is 0.00190. The maximum Gasteiger partial charge on any atom is 0.264 e. The highest BCUT2D eigenvalue weighted by Gasteiger charge is 2.36. The van der Waals surface area contributed by atoms with Gasteiger partial charge in [0.2, 0.25) is 11.8 Å². The van der Waals surface area contributed by atoms with E-state index in [-0.39, 0.29) is 36.1 Å². The molecule has 0 aromatic heterocycles. The molecule has 2 amide bonds. The van der Waals surface area contributed by atoms with Gasteiger partial charge in [-0.3, -0.25) is 13.9 Å². The maximum atomic E-state index is 14.7. The zero-order valence-corrected chi connectivity index (χ0v) is 28.8. The summed E-state index contributed by atoms with van der Waals surface area (Å²) in [7, 11) is -4.28. The molecule has 0 heterocycles. The number of hydrogen-bond acceptors (Lipinski definition) is 5. The van der Waals surface area contributed by atoms with E-state index in [1.165, 1.54) is 17.0 Å². The molecule has 0 aliphatic rings. The number of benzene rings is 4. The predicted molar refractivity (Wildman–Crippen MR) is 187 cm³/mol. The summed E-state index contributed by atoms with van der Waals surface area (Å²) in [6.45, 7) is 3.74. The summed E-state index contributed by atoms with van der Waals surface area (Å²) in [5.74, 6) is -0.703. The van der Waals surface area contributed by atoms with Crippen LogP contribution in [-0.4, -0.2) is 50.9 Å². The molecule has 0 aliphatic heterocycles. The van der Waals surface area contributed by atoms with Crippen LogP contribution in [-0.2, 0) is 32.6 Å². The van der Waals surface area contributed by atoms with Gasteiger partial charge in [-0.05, 0) is 55.3 Å². The van der Waals surface area contributed by atoms with Crippen LogP contribution >= 0.6 is 23.2 Å². The van der Waals surface area contributed by atoms with Crippen LogP contribution in [0.4, 0.5) is 5.69 Å². The van der Waals surface area contributed by atoms with E-state index in [2.05, 4.69) is 5.32 Å². The number of anilines is 1. The molecular formula is C36H39Cl2N3O5S. The third-order valence-corrected chi connectivity index (χ3v) is 10.0. The summed E-state index contributed by atoms with van der Waals surface area (Å²) >= 11 is 13.2. The molecule has 11 heteroatoms. The fourth-order valence-corrected chi connectivity index (χ4v) is 7.05. The highest BCUT2D eigenvalue weighted by Crippen LogP contribution is 2.33. The van der Waals surface area contributed by atoms with Gasteiger partial charge < -0.3 is 15.0 Å². The molecule has 4 aromatic carbocycles. The number of halogens is 2. The van der Waals surface area contributed by atoms with E-state index in [0.29, 0.717) is 27.9 Å². The smallest absolute Gasteiger partial charge is 0.264 e. The zero-order valence-electron chi connectivity index (χ0n) is 26.4. The number of ether oxygens (including phenoxy) is 1. The topological polar surface area (TPSA) is 96.0 Å². The highest BCUT2D eigenvalue weighted by atomic mass is 35.5. The lowest BCUT2D eigenvalue weighted by Crippen LogP contribution is -2.53. The number of rotatable bonds is 16. The Bertz CT molecular complexity index is 1720. The van der Waals surface area contributed by atoms with Gasteiger partial charge >= 0.3 is 0 Å². The Kier molecular flexibility index (Phi) is 13.1. The van der Waals surface area contributed by atoms with Gasteiger partial charge in [0.1, 0.15) is 18.3 Å². The fourth-order valence-electron chi connectivity index (χ4n) is 5.09. The number of para-hydroxylation sites is 2. The molecule has 0 spiro atoms. The van der Waals surface area contributed by atoms with Crippen LogP contribution in [0.1, 0.15) is 37.8 Å². The summed E-state index contributed by atoms with van der Waals surface area (Å²) < 4.78 is 35.4. The van der Waals surface area contributed by atoms with Gasteiger partial charge in [-0.25, -0.2) is 8.42 Å². The molecule has 0 bridgehead atoms. The first-order chi connectivity index (χ1) is 22.7. The first-order valence-corrected chi connectivity index (χ1v) is 17.7. The average molecular weight is 697 g/mol. The SMILES string of the molecule is CCCCNC(=O)C(Cc1ccccc1)N(Cc1c(Cl)cccc1Cl)C(=O)CN(c1ccccc1OCC)S(=O)(=O)c1ccccc1. The second-order valence-corrected chi connectivity index (χ2v) is 13.5. The van der Waals surface area contributed by atoms with Crippen LogP contribution in [0.25, 0.3) is 0 Å². The van der Waals surface area contributed by atoms with E-state index in [9.17, 15) is 18.0 Å². The standard InChI is InChI=1S/C36H39Cl2N3O5S/c1-3-5-23-39-36(43)33(24-27-15-8-6-9-16-27)40(25-29-30(37)19-14-20-31(29)38)35(42)26-41(32-21-12-13-22-34(32)46-4-2)47(44,45)28-17-10-7-11-18-28/h6-22,33H,3-5,23-26H2,1-2H3,(H,39,43). The monoisotopic (exact) mass is 695 g/mol. The second-order valence-electron chi connectivity index (χ2n) is 10.8. The lowest BCUT2D eigenvalue weighted by Gasteiger charge is -2.34. The molecule has 0 saturated heterocycles. The van der Waals surface area contributed by atoms with Crippen molar-refractivity contribution in [1.82, 2.24) is 10.2 Å². The van der Waals surface area contributed by atoms with Crippen molar-refractivity contribution in [3.8, 4) is 5.75 Å². The molecule has 8 nitrogen and oxygen atoms in total. The molecule has 1 atom stereocenters. The number of nitrogens with zero attached hydrogens (tertiary/aromatic N) is 2. The first-order valence-electron chi connectivity index (χ1n) is 15.5. The van der Waals surface area contributed by atoms with Crippen LogP contribution in [0.15, 0.2) is 108 Å². The number of carbonyl (C=O) groups is 2. The summed E-state index contributed by atoms with van der Waals surface area (Å²) in [6.07, 6.45) is 1.80. The lowest BCUT2D eigenvalue weighted by molar-refractivity contribution is -0.140. The normalized spacial score (nSPS) is 11.8. The molecule has 47 heavy (non-hydrogen) atoms. The molecule has 0 aliphatic carbocycles. The van der Waals surface area contributed by atoms with Gasteiger partial charge in [0, 0.05) is 35.1 Å². The van der Waals surface area contributed by atoms with Gasteiger partial charge in [0.25, 0.3) is 10.0 Å². The maximum absolute atomic E-state index is 14.7. The summed E-state index contributed by atoms with van der Waals surface area (Å²) in [6, 6.07) is 27.9. The first kappa shape index (κ1) is 35.8. The van der Waals surface area contributed by atoms with Crippen LogP contribution in [0, 0.1) is 0 Å². The molecule has 4 rings (SSSR count). The van der Waals surface area contributed by atoms with Crippen molar-refractivity contribution in [1.29, 1.82) is 0 Å². The number of unbranched alkanes of at least 4 members (excludes halogenated alkanes) is 1. The Morgan fingerprint density at radius 3 is 2.09 bits per heavy atom. The number of hydrogen-bond donors (Lipinski definition) is 1. The predicted octanol–water partition coefficient (Wildman–Crippen LogP) is 7.14. The third-order valence-electron chi connectivity index (χ3n) is 7.53. The van der Waals surface area contributed by atoms with E-state index < -0.39 is 28.5 Å². The Labute approximate surface area is 287 Å². The second kappa shape index (κ2) is 17.2. The largest absolute Gasteiger partial charge is 0.492 e. The molecule has 0 saturated carbocycles. The van der Waals surface area contributed by atoms with Crippen LogP contribution in [0.2, 0.25) is 10.0 Å². The molecular weight excluding hydrogens is 657 g/mol. The highest BCUT2D eigenvalue weighted by molar-refractivity contribution is 7.92. The van der Waals surface area contributed by atoms with Gasteiger partial charge in [-0.15, -0.1) is 0 Å². The van der Waals surface area contributed by atoms with E-state index in [0.717, 1.165) is 22.7 Å². The van der Waals surface area contributed by atoms with Crippen molar-refractivity contribution >= 4 is 50.7 Å². The van der Waals surface area contributed by atoms with Gasteiger partial charge in [-0.1, -0.05) is 103 Å². The minimum Gasteiger partial charge on any atom is -0.492 e. The van der Waals surface area contributed by atoms with E-state index in [4.69, 9.17) is 27.9 Å². The fraction of sp³-hybridized carbons (Fsp3) is 0.278. The quantitative estimate of drug-likeness (QED) is 0.126. The van der Waals surface area contributed by atoms with Crippen molar-refractivity contribution in [3.63, 3.8) is 0 Å². The Morgan fingerprint density at radius 1 is 0.830 bits per heavy atom. The number of nitrogens with one attached hydrogen (secondary N) is 1. The van der Waals surface area contributed by atoms with Crippen LogP contribution in [0.3, 0.4) is 0 Å². The zero-order chi connectivity index (χ0) is 33.8. The average Bonchev–Trinajstić information content (AvgIpc) is 3.07. The van der Waals surface area contributed by atoms with Crippen molar-refractivity contribution in [2.45, 2.75) is 50.6 Å². The van der Waals surface area contributed by atoms with Crippen LogP contribution in [0.5, 0.6) is 5.75 Å². The number of carbonyl (C=O) groups excluding carboxylic acids is 2.